The van der Waals surface area contributed by atoms with E-state index in [4.69, 9.17) is 0 Å². The van der Waals surface area contributed by atoms with Crippen LogP contribution >= 0.6 is 0 Å². The van der Waals surface area contributed by atoms with Crippen molar-refractivity contribution in [3.05, 3.63) is 35.4 Å². The highest BCUT2D eigenvalue weighted by Crippen LogP contribution is 2.46. The Morgan fingerprint density at radius 3 is 2.24 bits per heavy atom. The second kappa shape index (κ2) is 6.56. The third-order valence-electron chi connectivity index (χ3n) is 5.71. The maximum atomic E-state index is 12.8. The Hall–Kier alpha value is -1.68. The molecule has 1 aliphatic heterocycles. The van der Waals surface area contributed by atoms with E-state index < -0.39 is 0 Å². The fourth-order valence-electron chi connectivity index (χ4n) is 4.16. The van der Waals surface area contributed by atoms with Crippen LogP contribution < -0.4 is 0 Å². The molecule has 0 aromatic heterocycles. The van der Waals surface area contributed by atoms with Crippen LogP contribution in [0.3, 0.4) is 0 Å². The van der Waals surface area contributed by atoms with Crippen molar-refractivity contribution < 1.29 is 9.59 Å². The van der Waals surface area contributed by atoms with Crippen molar-refractivity contribution in [2.75, 3.05) is 13.7 Å². The van der Waals surface area contributed by atoms with Crippen molar-refractivity contribution >= 4 is 11.8 Å². The van der Waals surface area contributed by atoms with Crippen LogP contribution in [-0.4, -0.2) is 35.3 Å². The van der Waals surface area contributed by atoms with Crippen molar-refractivity contribution in [3.63, 3.8) is 0 Å². The number of nitrogens with zero attached hydrogens (tertiary/aromatic N) is 2. The van der Waals surface area contributed by atoms with E-state index in [1.165, 1.54) is 16.0 Å². The molecule has 1 aromatic carbocycles. The van der Waals surface area contributed by atoms with Crippen LogP contribution in [0.25, 0.3) is 0 Å². The van der Waals surface area contributed by atoms with Gasteiger partial charge in [-0.05, 0) is 36.4 Å². The summed E-state index contributed by atoms with van der Waals surface area (Å²) in [4.78, 5) is 28.7. The van der Waals surface area contributed by atoms with Gasteiger partial charge < -0.3 is 0 Å². The Labute approximate surface area is 151 Å². The third kappa shape index (κ3) is 3.64. The minimum Gasteiger partial charge on any atom is -0.284 e. The predicted octanol–water partition coefficient (Wildman–Crippen LogP) is 3.69. The van der Waals surface area contributed by atoms with Crippen LogP contribution in [0.15, 0.2) is 24.3 Å². The largest absolute Gasteiger partial charge is 0.284 e. The number of carbonyl (C=O) groups is 2. The summed E-state index contributed by atoms with van der Waals surface area (Å²) in [5, 5.41) is 0. The maximum absolute atomic E-state index is 12.8. The van der Waals surface area contributed by atoms with Gasteiger partial charge in [0.2, 0.25) is 11.8 Å². The summed E-state index contributed by atoms with van der Waals surface area (Å²) < 4.78 is 0. The van der Waals surface area contributed by atoms with Gasteiger partial charge in [-0.25, -0.2) is 0 Å². The van der Waals surface area contributed by atoms with E-state index >= 15 is 0 Å². The van der Waals surface area contributed by atoms with Crippen LogP contribution in [0.1, 0.15) is 64.0 Å². The lowest BCUT2D eigenvalue weighted by molar-refractivity contribution is -0.143. The zero-order valence-corrected chi connectivity index (χ0v) is 16.0. The topological polar surface area (TPSA) is 40.6 Å². The Morgan fingerprint density at radius 1 is 1.08 bits per heavy atom. The molecule has 0 unspecified atom stereocenters. The number of amides is 2. The highest BCUT2D eigenvalue weighted by atomic mass is 16.2. The van der Waals surface area contributed by atoms with Crippen LogP contribution in [0.5, 0.6) is 0 Å². The van der Waals surface area contributed by atoms with E-state index in [1.807, 2.05) is 7.05 Å². The second-order valence-corrected chi connectivity index (χ2v) is 8.89. The Kier molecular flexibility index (Phi) is 4.76. The zero-order valence-electron chi connectivity index (χ0n) is 16.0. The van der Waals surface area contributed by atoms with Gasteiger partial charge >= 0.3 is 0 Å². The fraction of sp³-hybridized carbons (Fsp3) is 0.619. The number of likely N-dealkylation sites (tertiary alicyclic amines) is 1. The summed E-state index contributed by atoms with van der Waals surface area (Å²) in [5.41, 5.74) is 2.29. The van der Waals surface area contributed by atoms with Crippen molar-refractivity contribution in [1.29, 1.82) is 0 Å². The van der Waals surface area contributed by atoms with Crippen molar-refractivity contribution in [2.24, 2.45) is 5.41 Å². The molecule has 0 bridgehead atoms. The molecular weight excluding hydrogens is 312 g/mol. The quantitative estimate of drug-likeness (QED) is 0.784. The van der Waals surface area contributed by atoms with Crippen LogP contribution in [0.4, 0.5) is 0 Å². The first-order valence-corrected chi connectivity index (χ1v) is 9.34. The monoisotopic (exact) mass is 342 g/mol. The van der Waals surface area contributed by atoms with Gasteiger partial charge in [0.15, 0.2) is 0 Å². The third-order valence-corrected chi connectivity index (χ3v) is 5.71. The number of hydrogen-bond acceptors (Lipinski definition) is 3. The molecule has 0 atom stereocenters. The maximum Gasteiger partial charge on any atom is 0.237 e. The average molecular weight is 342 g/mol. The highest BCUT2D eigenvalue weighted by molar-refractivity contribution is 6.06. The van der Waals surface area contributed by atoms with Crippen molar-refractivity contribution in [1.82, 2.24) is 9.80 Å². The van der Waals surface area contributed by atoms with Gasteiger partial charge in [0.05, 0.1) is 12.1 Å². The zero-order chi connectivity index (χ0) is 18.2. The van der Waals surface area contributed by atoms with Gasteiger partial charge in [-0.2, -0.15) is 0 Å². The van der Waals surface area contributed by atoms with Gasteiger partial charge in [-0.15, -0.1) is 0 Å². The predicted molar refractivity (Wildman–Crippen MR) is 98.8 cm³/mol. The molecule has 1 saturated heterocycles. The molecule has 1 spiro atoms. The average Bonchev–Trinajstić information content (AvgIpc) is 3.08. The number of imide groups is 1. The summed E-state index contributed by atoms with van der Waals surface area (Å²) in [6.45, 7) is 7.74. The van der Waals surface area contributed by atoms with E-state index in [0.717, 1.165) is 32.2 Å². The molecular formula is C21H30N2O2. The summed E-state index contributed by atoms with van der Waals surface area (Å²) in [5.74, 6) is 0.0618. The second-order valence-electron chi connectivity index (χ2n) is 8.89. The molecule has 136 valence electrons. The number of carbonyl (C=O) groups excluding carboxylic acids is 2. The first-order valence-electron chi connectivity index (χ1n) is 9.34. The van der Waals surface area contributed by atoms with E-state index in [-0.39, 0.29) is 22.6 Å². The van der Waals surface area contributed by atoms with E-state index in [0.29, 0.717) is 13.1 Å². The molecule has 3 rings (SSSR count). The van der Waals surface area contributed by atoms with Crippen molar-refractivity contribution in [3.8, 4) is 0 Å². The molecule has 1 saturated carbocycles. The van der Waals surface area contributed by atoms with Crippen LogP contribution in [-0.2, 0) is 21.5 Å². The standard InChI is InChI=1S/C21H30N2O2/c1-20(2,3)17-9-7-16(8-10-17)14-22(4)15-23-18(24)13-21(19(23)25)11-5-6-12-21/h7-10H,5-6,11-15H2,1-4H3. The molecule has 4 nitrogen and oxygen atoms in total. The van der Waals surface area contributed by atoms with Gasteiger partial charge in [0, 0.05) is 13.0 Å². The molecule has 0 radical (unpaired) electrons. The summed E-state index contributed by atoms with van der Waals surface area (Å²) in [6, 6.07) is 8.62. The smallest absolute Gasteiger partial charge is 0.237 e. The minimum atomic E-state index is -0.369. The molecule has 1 aromatic rings. The fourth-order valence-corrected chi connectivity index (χ4v) is 4.16. The molecule has 0 N–H and O–H groups in total. The molecule has 2 fully saturated rings. The summed E-state index contributed by atoms with van der Waals surface area (Å²) >= 11 is 0. The molecule has 1 heterocycles. The lowest BCUT2D eigenvalue weighted by atomic mass is 9.85. The van der Waals surface area contributed by atoms with E-state index in [1.54, 1.807) is 0 Å². The Morgan fingerprint density at radius 2 is 1.68 bits per heavy atom. The molecule has 25 heavy (non-hydrogen) atoms. The summed E-state index contributed by atoms with van der Waals surface area (Å²) in [6.07, 6.45) is 4.32. The van der Waals surface area contributed by atoms with E-state index in [2.05, 4.69) is 49.9 Å². The first kappa shape index (κ1) is 18.1. The molecule has 1 aliphatic carbocycles. The highest BCUT2D eigenvalue weighted by Gasteiger charge is 2.52. The van der Waals surface area contributed by atoms with Crippen molar-refractivity contribution in [2.45, 2.75) is 64.8 Å². The van der Waals surface area contributed by atoms with Gasteiger partial charge in [0.1, 0.15) is 0 Å². The normalized spacial score (nSPS) is 20.3. The Bertz CT molecular complexity index is 651. The minimum absolute atomic E-state index is 0.00169. The number of rotatable bonds is 4. The lowest BCUT2D eigenvalue weighted by Crippen LogP contribution is -2.41. The van der Waals surface area contributed by atoms with Gasteiger partial charge in [0.25, 0.3) is 0 Å². The Balaban J connectivity index is 1.62. The number of hydrogen-bond donors (Lipinski definition) is 0. The van der Waals surface area contributed by atoms with Gasteiger partial charge in [-0.1, -0.05) is 57.9 Å². The van der Waals surface area contributed by atoms with E-state index in [9.17, 15) is 9.59 Å². The molecule has 2 amide bonds. The molecule has 4 heteroatoms. The van der Waals surface area contributed by atoms with Gasteiger partial charge in [-0.3, -0.25) is 19.4 Å². The first-order chi connectivity index (χ1) is 11.7. The number of benzene rings is 1. The summed E-state index contributed by atoms with van der Waals surface area (Å²) in [7, 11) is 1.97. The van der Waals surface area contributed by atoms with Crippen LogP contribution in [0.2, 0.25) is 0 Å². The lowest BCUT2D eigenvalue weighted by Gasteiger charge is -2.26. The molecule has 2 aliphatic rings. The SMILES string of the molecule is CN(Cc1ccc(C(C)(C)C)cc1)CN1C(=O)CC2(CCCC2)C1=O. The van der Waals surface area contributed by atoms with Crippen LogP contribution in [0, 0.1) is 5.41 Å².